The normalized spacial score (nSPS) is 11.0. The highest BCUT2D eigenvalue weighted by molar-refractivity contribution is 5.85. The van der Waals surface area contributed by atoms with E-state index >= 15 is 0 Å². The highest BCUT2D eigenvalue weighted by Crippen LogP contribution is 2.23. The molecule has 2 rings (SSSR count). The molecular weight excluding hydrogens is 277 g/mol. The van der Waals surface area contributed by atoms with Gasteiger partial charge in [-0.3, -0.25) is 0 Å². The van der Waals surface area contributed by atoms with Crippen molar-refractivity contribution in [2.45, 2.75) is 20.5 Å². The Hall–Kier alpha value is -2.63. The summed E-state index contributed by atoms with van der Waals surface area (Å²) in [6.07, 6.45) is 2.21. The maximum Gasteiger partial charge on any atom is 0.328 e. The molecule has 1 aromatic carbocycles. The predicted molar refractivity (Wildman–Crippen MR) is 73.4 cm³/mol. The first-order valence-electron chi connectivity index (χ1n) is 6.22. The molecule has 0 bridgehead atoms. The van der Waals surface area contributed by atoms with Crippen molar-refractivity contribution in [2.24, 2.45) is 0 Å². The number of benzene rings is 1. The number of halogens is 1. The van der Waals surface area contributed by atoms with Gasteiger partial charge in [0.2, 0.25) is 0 Å². The quantitative estimate of drug-likeness (QED) is 0.857. The lowest BCUT2D eigenvalue weighted by Gasteiger charge is -2.09. The minimum absolute atomic E-state index is 0.209. The number of aliphatic carboxylic acids is 1. The molecule has 0 unspecified atom stereocenters. The average molecular weight is 291 g/mol. The molecule has 110 valence electrons. The van der Waals surface area contributed by atoms with Crippen LogP contribution in [-0.4, -0.2) is 16.2 Å². The molecule has 0 radical (unpaired) electrons. The fourth-order valence-electron chi connectivity index (χ4n) is 1.80. The Morgan fingerprint density at radius 3 is 2.86 bits per heavy atom. The van der Waals surface area contributed by atoms with Crippen LogP contribution in [0.5, 0.6) is 5.75 Å². The molecule has 0 atom stereocenters. The molecule has 0 aliphatic carbocycles. The third kappa shape index (κ3) is 3.68. The second kappa shape index (κ2) is 6.21. The highest BCUT2D eigenvalue weighted by Gasteiger charge is 2.11. The number of ether oxygens (including phenoxy) is 1. The molecule has 0 spiro atoms. The van der Waals surface area contributed by atoms with Crippen LogP contribution in [0.4, 0.5) is 4.39 Å². The molecule has 0 aliphatic heterocycles. The van der Waals surface area contributed by atoms with E-state index in [9.17, 15) is 9.18 Å². The van der Waals surface area contributed by atoms with Crippen molar-refractivity contribution >= 4 is 12.0 Å². The van der Waals surface area contributed by atoms with Crippen LogP contribution in [0, 0.1) is 19.7 Å². The Labute approximate surface area is 120 Å². The first kappa shape index (κ1) is 14.8. The van der Waals surface area contributed by atoms with Crippen LogP contribution in [0.3, 0.4) is 0 Å². The third-order valence-corrected chi connectivity index (χ3v) is 2.93. The van der Waals surface area contributed by atoms with Gasteiger partial charge in [-0.25, -0.2) is 9.18 Å². The lowest BCUT2D eigenvalue weighted by atomic mass is 10.1. The Bertz CT molecular complexity index is 671. The SMILES string of the molecule is Cc1noc(C)c1COc1ccc(F)cc1/C=C/C(=O)O. The van der Waals surface area contributed by atoms with Gasteiger partial charge in [0.1, 0.15) is 23.9 Å². The topological polar surface area (TPSA) is 72.6 Å². The average Bonchev–Trinajstić information content (AvgIpc) is 2.75. The smallest absolute Gasteiger partial charge is 0.328 e. The number of nitrogens with zero attached hydrogens (tertiary/aromatic N) is 1. The zero-order chi connectivity index (χ0) is 15.4. The van der Waals surface area contributed by atoms with Gasteiger partial charge in [0.15, 0.2) is 0 Å². The Morgan fingerprint density at radius 2 is 2.24 bits per heavy atom. The summed E-state index contributed by atoms with van der Waals surface area (Å²) in [7, 11) is 0. The summed E-state index contributed by atoms with van der Waals surface area (Å²) in [5.74, 6) is -0.549. The van der Waals surface area contributed by atoms with E-state index in [0.717, 1.165) is 17.3 Å². The van der Waals surface area contributed by atoms with Gasteiger partial charge in [0.25, 0.3) is 0 Å². The maximum absolute atomic E-state index is 13.3. The number of rotatable bonds is 5. The molecule has 1 aromatic heterocycles. The van der Waals surface area contributed by atoms with Crippen LogP contribution in [0.15, 0.2) is 28.8 Å². The highest BCUT2D eigenvalue weighted by atomic mass is 19.1. The summed E-state index contributed by atoms with van der Waals surface area (Å²) in [6, 6.07) is 3.91. The van der Waals surface area contributed by atoms with E-state index in [1.807, 2.05) is 0 Å². The van der Waals surface area contributed by atoms with Gasteiger partial charge in [-0.15, -0.1) is 0 Å². The largest absolute Gasteiger partial charge is 0.488 e. The number of aromatic nitrogens is 1. The van der Waals surface area contributed by atoms with Crippen molar-refractivity contribution in [2.75, 3.05) is 0 Å². The van der Waals surface area contributed by atoms with Gasteiger partial charge in [-0.2, -0.15) is 0 Å². The molecule has 2 aromatic rings. The van der Waals surface area contributed by atoms with Gasteiger partial charge in [-0.05, 0) is 38.1 Å². The molecule has 0 saturated carbocycles. The van der Waals surface area contributed by atoms with Crippen LogP contribution in [0.1, 0.15) is 22.6 Å². The minimum Gasteiger partial charge on any atom is -0.488 e. The van der Waals surface area contributed by atoms with Gasteiger partial charge in [-0.1, -0.05) is 5.16 Å². The van der Waals surface area contributed by atoms with Crippen LogP contribution >= 0.6 is 0 Å². The summed E-state index contributed by atoms with van der Waals surface area (Å²) < 4.78 is 23.9. The van der Waals surface area contributed by atoms with E-state index < -0.39 is 11.8 Å². The monoisotopic (exact) mass is 291 g/mol. The molecule has 1 N–H and O–H groups in total. The van der Waals surface area contributed by atoms with E-state index in [2.05, 4.69) is 5.16 Å². The molecule has 5 nitrogen and oxygen atoms in total. The van der Waals surface area contributed by atoms with Gasteiger partial charge in [0, 0.05) is 11.6 Å². The number of hydrogen-bond donors (Lipinski definition) is 1. The lowest BCUT2D eigenvalue weighted by molar-refractivity contribution is -0.131. The maximum atomic E-state index is 13.3. The zero-order valence-corrected chi connectivity index (χ0v) is 11.6. The number of carboxylic acid groups (broad SMARTS) is 1. The molecule has 0 fully saturated rings. The van der Waals surface area contributed by atoms with Gasteiger partial charge < -0.3 is 14.4 Å². The Balaban J connectivity index is 2.21. The summed E-state index contributed by atoms with van der Waals surface area (Å²) in [5, 5.41) is 12.5. The fourth-order valence-corrected chi connectivity index (χ4v) is 1.80. The summed E-state index contributed by atoms with van der Waals surface area (Å²) in [5.41, 5.74) is 1.88. The summed E-state index contributed by atoms with van der Waals surface area (Å²) >= 11 is 0. The standard InChI is InChI=1S/C15H14FNO4/c1-9-13(10(2)21-17-9)8-20-14-5-4-12(16)7-11(14)3-6-15(18)19/h3-7H,8H2,1-2H3,(H,18,19)/b6-3+. The van der Waals surface area contributed by atoms with Crippen molar-refractivity contribution in [3.63, 3.8) is 0 Å². The van der Waals surface area contributed by atoms with E-state index in [-0.39, 0.29) is 6.61 Å². The van der Waals surface area contributed by atoms with Crippen LogP contribution < -0.4 is 4.74 Å². The third-order valence-electron chi connectivity index (χ3n) is 2.93. The number of aryl methyl sites for hydroxylation is 2. The first-order valence-corrected chi connectivity index (χ1v) is 6.22. The van der Waals surface area contributed by atoms with E-state index in [4.69, 9.17) is 14.4 Å². The Morgan fingerprint density at radius 1 is 1.48 bits per heavy atom. The van der Waals surface area contributed by atoms with Crippen molar-refractivity contribution in [3.05, 3.63) is 52.7 Å². The van der Waals surface area contributed by atoms with Crippen molar-refractivity contribution in [3.8, 4) is 5.75 Å². The number of carboxylic acids is 1. The van der Waals surface area contributed by atoms with Crippen molar-refractivity contribution in [1.29, 1.82) is 0 Å². The fraction of sp³-hybridized carbons (Fsp3) is 0.200. The number of hydrogen-bond acceptors (Lipinski definition) is 4. The summed E-state index contributed by atoms with van der Waals surface area (Å²) in [6.45, 7) is 3.78. The van der Waals surface area contributed by atoms with Crippen LogP contribution in [0.25, 0.3) is 6.08 Å². The zero-order valence-electron chi connectivity index (χ0n) is 11.6. The minimum atomic E-state index is -1.11. The molecule has 0 amide bonds. The second-order valence-electron chi connectivity index (χ2n) is 4.45. The molecule has 1 heterocycles. The van der Waals surface area contributed by atoms with E-state index in [1.54, 1.807) is 13.8 Å². The number of carbonyl (C=O) groups is 1. The van der Waals surface area contributed by atoms with Crippen LogP contribution in [0.2, 0.25) is 0 Å². The predicted octanol–water partition coefficient (Wildman–Crippen LogP) is 3.11. The molecular formula is C15H14FNO4. The molecule has 21 heavy (non-hydrogen) atoms. The van der Waals surface area contributed by atoms with Crippen molar-refractivity contribution < 1.29 is 23.6 Å². The van der Waals surface area contributed by atoms with Crippen molar-refractivity contribution in [1.82, 2.24) is 5.16 Å². The van der Waals surface area contributed by atoms with Crippen LogP contribution in [-0.2, 0) is 11.4 Å². The van der Waals surface area contributed by atoms with E-state index in [0.29, 0.717) is 17.1 Å². The van der Waals surface area contributed by atoms with Gasteiger partial charge in [0.05, 0.1) is 11.3 Å². The molecule has 0 saturated heterocycles. The first-order chi connectivity index (χ1) is 9.97. The second-order valence-corrected chi connectivity index (χ2v) is 4.45. The summed E-state index contributed by atoms with van der Waals surface area (Å²) in [4.78, 5) is 10.6. The van der Waals surface area contributed by atoms with Gasteiger partial charge >= 0.3 is 5.97 Å². The van der Waals surface area contributed by atoms with E-state index in [1.165, 1.54) is 24.3 Å². The lowest BCUT2D eigenvalue weighted by Crippen LogP contribution is -1.99. The molecule has 6 heteroatoms. The Kier molecular flexibility index (Phi) is 4.37. The molecule has 0 aliphatic rings.